The lowest BCUT2D eigenvalue weighted by atomic mass is 10.1. The molecule has 1 saturated carbocycles. The molecule has 3 heterocycles. The molecule has 5 rings (SSSR count). The number of carbonyl (C=O) groups is 1. The van der Waals surface area contributed by atoms with E-state index in [0.29, 0.717) is 5.91 Å². The van der Waals surface area contributed by atoms with Crippen LogP contribution in [0.3, 0.4) is 0 Å². The second-order valence-corrected chi connectivity index (χ2v) is 8.23. The van der Waals surface area contributed by atoms with Crippen molar-refractivity contribution in [3.8, 4) is 21.8 Å². The monoisotopic (exact) mass is 361 g/mol. The summed E-state index contributed by atoms with van der Waals surface area (Å²) in [6.45, 7) is 2.92. The molecule has 1 amide bonds. The van der Waals surface area contributed by atoms with E-state index in [0.717, 1.165) is 53.3 Å². The second-order valence-electron chi connectivity index (χ2n) is 7.02. The molecule has 0 N–H and O–H groups in total. The molecule has 0 radical (unpaired) electrons. The highest BCUT2D eigenvalue weighted by Gasteiger charge is 2.36. The molecule has 26 heavy (non-hydrogen) atoms. The number of aromatic nitrogens is 2. The van der Waals surface area contributed by atoms with E-state index < -0.39 is 0 Å². The van der Waals surface area contributed by atoms with Crippen molar-refractivity contribution in [2.75, 3.05) is 11.4 Å². The topological polar surface area (TPSA) is 46.1 Å². The van der Waals surface area contributed by atoms with Gasteiger partial charge in [-0.1, -0.05) is 6.07 Å². The summed E-state index contributed by atoms with van der Waals surface area (Å²) in [6.07, 6.45) is 6.67. The van der Waals surface area contributed by atoms with Gasteiger partial charge in [0.1, 0.15) is 5.01 Å². The third kappa shape index (κ3) is 2.63. The number of hydrogen-bond donors (Lipinski definition) is 0. The highest BCUT2D eigenvalue weighted by atomic mass is 32.1. The van der Waals surface area contributed by atoms with Crippen molar-refractivity contribution in [3.05, 3.63) is 53.2 Å². The van der Waals surface area contributed by atoms with Crippen LogP contribution in [-0.2, 0) is 11.2 Å². The van der Waals surface area contributed by atoms with Gasteiger partial charge >= 0.3 is 0 Å². The number of anilines is 1. The molecule has 0 unspecified atom stereocenters. The van der Waals surface area contributed by atoms with Gasteiger partial charge in [-0.15, -0.1) is 11.3 Å². The third-order valence-electron chi connectivity index (χ3n) is 5.15. The molecule has 1 aliphatic heterocycles. The van der Waals surface area contributed by atoms with Crippen LogP contribution in [0, 0.1) is 12.8 Å². The first-order chi connectivity index (χ1) is 12.7. The molecule has 2 aliphatic rings. The van der Waals surface area contributed by atoms with Crippen molar-refractivity contribution in [1.82, 2.24) is 9.97 Å². The van der Waals surface area contributed by atoms with Crippen LogP contribution in [0.25, 0.3) is 21.8 Å². The summed E-state index contributed by atoms with van der Waals surface area (Å²) >= 11 is 1.70. The summed E-state index contributed by atoms with van der Waals surface area (Å²) < 4.78 is 0. The van der Waals surface area contributed by atoms with Crippen LogP contribution in [0.15, 0.2) is 42.7 Å². The van der Waals surface area contributed by atoms with Crippen LogP contribution < -0.4 is 4.90 Å². The van der Waals surface area contributed by atoms with Gasteiger partial charge < -0.3 is 4.90 Å². The number of rotatable bonds is 3. The van der Waals surface area contributed by atoms with E-state index >= 15 is 0 Å². The van der Waals surface area contributed by atoms with E-state index in [9.17, 15) is 4.79 Å². The van der Waals surface area contributed by atoms with Gasteiger partial charge in [0.15, 0.2) is 0 Å². The van der Waals surface area contributed by atoms with E-state index in [-0.39, 0.29) is 5.92 Å². The maximum Gasteiger partial charge on any atom is 0.230 e. The number of aryl methyl sites for hydroxylation is 1. The molecule has 5 heteroatoms. The summed E-state index contributed by atoms with van der Waals surface area (Å²) in [5.41, 5.74) is 5.56. The zero-order chi connectivity index (χ0) is 17.7. The molecule has 4 nitrogen and oxygen atoms in total. The molecule has 0 saturated heterocycles. The highest BCUT2D eigenvalue weighted by Crippen LogP contribution is 2.39. The molecule has 3 aromatic rings. The van der Waals surface area contributed by atoms with Gasteiger partial charge in [-0.3, -0.25) is 9.78 Å². The van der Waals surface area contributed by atoms with Crippen molar-refractivity contribution < 1.29 is 4.79 Å². The van der Waals surface area contributed by atoms with E-state index in [1.807, 2.05) is 23.2 Å². The third-order valence-corrected chi connectivity index (χ3v) is 6.17. The number of carbonyl (C=O) groups excluding carboxylic acids is 1. The molecule has 2 aromatic heterocycles. The zero-order valence-corrected chi connectivity index (χ0v) is 15.4. The van der Waals surface area contributed by atoms with Gasteiger partial charge in [-0.05, 0) is 56.0 Å². The Balaban J connectivity index is 1.49. The number of hydrogen-bond acceptors (Lipinski definition) is 4. The largest absolute Gasteiger partial charge is 0.312 e. The van der Waals surface area contributed by atoms with E-state index in [1.54, 1.807) is 17.5 Å². The minimum Gasteiger partial charge on any atom is -0.312 e. The first-order valence-electron chi connectivity index (χ1n) is 9.03. The van der Waals surface area contributed by atoms with Gasteiger partial charge in [0.05, 0.1) is 5.69 Å². The Morgan fingerprint density at radius 3 is 2.88 bits per heavy atom. The van der Waals surface area contributed by atoms with E-state index in [1.165, 1.54) is 10.4 Å². The molecule has 130 valence electrons. The van der Waals surface area contributed by atoms with Crippen LogP contribution in [-0.4, -0.2) is 22.4 Å². The fraction of sp³-hybridized carbons (Fsp3) is 0.286. The first kappa shape index (κ1) is 15.7. The lowest BCUT2D eigenvalue weighted by Gasteiger charge is -2.17. The molecule has 0 spiro atoms. The van der Waals surface area contributed by atoms with E-state index in [2.05, 4.69) is 30.1 Å². The summed E-state index contributed by atoms with van der Waals surface area (Å²) in [7, 11) is 0. The predicted molar refractivity (Wildman–Crippen MR) is 104 cm³/mol. The summed E-state index contributed by atoms with van der Waals surface area (Å²) in [4.78, 5) is 24.7. The van der Waals surface area contributed by atoms with Gasteiger partial charge in [0, 0.05) is 46.5 Å². The number of fused-ring (bicyclic) bond motifs is 1. The number of nitrogens with zero attached hydrogens (tertiary/aromatic N) is 3. The van der Waals surface area contributed by atoms with Crippen molar-refractivity contribution >= 4 is 22.9 Å². The Kier molecular flexibility index (Phi) is 3.64. The smallest absolute Gasteiger partial charge is 0.230 e. The maximum absolute atomic E-state index is 12.4. The summed E-state index contributed by atoms with van der Waals surface area (Å²) in [5, 5.41) is 0.997. The SMILES string of the molecule is Cc1sc(-c2cccnc2)nc1-c1ccc2c(c1)CCN2C(=O)C1CC1. The lowest BCUT2D eigenvalue weighted by Crippen LogP contribution is -2.30. The molecule has 0 atom stereocenters. The number of benzene rings is 1. The minimum atomic E-state index is 0.267. The molecule has 0 bridgehead atoms. The van der Waals surface area contributed by atoms with Gasteiger partial charge in [0.25, 0.3) is 0 Å². The Labute approximate surface area is 156 Å². The minimum absolute atomic E-state index is 0.267. The lowest BCUT2D eigenvalue weighted by molar-refractivity contribution is -0.119. The van der Waals surface area contributed by atoms with Crippen LogP contribution in [0.4, 0.5) is 5.69 Å². The number of thiazole rings is 1. The Bertz CT molecular complexity index is 992. The van der Waals surface area contributed by atoms with Gasteiger partial charge in [0.2, 0.25) is 5.91 Å². The molecule has 1 fully saturated rings. The molecule has 1 aliphatic carbocycles. The first-order valence-corrected chi connectivity index (χ1v) is 9.85. The number of pyridine rings is 1. The summed E-state index contributed by atoms with van der Waals surface area (Å²) in [5.74, 6) is 0.573. The van der Waals surface area contributed by atoms with Gasteiger partial charge in [-0.2, -0.15) is 0 Å². The Morgan fingerprint density at radius 2 is 2.12 bits per heavy atom. The number of amides is 1. The van der Waals surface area contributed by atoms with Crippen LogP contribution >= 0.6 is 11.3 Å². The highest BCUT2D eigenvalue weighted by molar-refractivity contribution is 7.15. The quantitative estimate of drug-likeness (QED) is 0.691. The van der Waals surface area contributed by atoms with Crippen molar-refractivity contribution in [1.29, 1.82) is 0 Å². The molecular formula is C21H19N3OS. The van der Waals surface area contributed by atoms with Crippen molar-refractivity contribution in [2.45, 2.75) is 26.2 Å². The van der Waals surface area contributed by atoms with Gasteiger partial charge in [-0.25, -0.2) is 4.98 Å². The van der Waals surface area contributed by atoms with Crippen LogP contribution in [0.2, 0.25) is 0 Å². The standard InChI is InChI=1S/C21H19N3OS/c1-13-19(23-20(26-13)17-3-2-9-22-12-17)16-6-7-18-15(11-16)8-10-24(18)21(25)14-4-5-14/h2-3,6-7,9,11-12,14H,4-5,8,10H2,1H3. The fourth-order valence-electron chi connectivity index (χ4n) is 3.61. The normalized spacial score (nSPS) is 16.0. The van der Waals surface area contributed by atoms with E-state index in [4.69, 9.17) is 4.98 Å². The maximum atomic E-state index is 12.4. The second kappa shape index (κ2) is 6.02. The average molecular weight is 361 g/mol. The Hall–Kier alpha value is -2.53. The van der Waals surface area contributed by atoms with Crippen molar-refractivity contribution in [3.63, 3.8) is 0 Å². The molecule has 1 aromatic carbocycles. The van der Waals surface area contributed by atoms with Crippen LogP contribution in [0.5, 0.6) is 0 Å². The zero-order valence-electron chi connectivity index (χ0n) is 14.6. The van der Waals surface area contributed by atoms with Crippen LogP contribution in [0.1, 0.15) is 23.3 Å². The van der Waals surface area contributed by atoms with Crippen molar-refractivity contribution in [2.24, 2.45) is 5.92 Å². The average Bonchev–Trinajstić information content (AvgIpc) is 3.33. The fourth-order valence-corrected chi connectivity index (χ4v) is 4.53. The summed E-state index contributed by atoms with van der Waals surface area (Å²) in [6, 6.07) is 10.4. The Morgan fingerprint density at radius 1 is 1.23 bits per heavy atom. The predicted octanol–water partition coefficient (Wildman–Crippen LogP) is 4.48. The molecular weight excluding hydrogens is 342 g/mol.